The van der Waals surface area contributed by atoms with Gasteiger partial charge in [-0.2, -0.15) is 5.10 Å². The number of rotatable bonds is 4. The van der Waals surface area contributed by atoms with Crippen molar-refractivity contribution in [1.29, 1.82) is 0 Å². The Hall–Kier alpha value is -1.56. The molecule has 100 valence electrons. The minimum Gasteiger partial charge on any atom is -0.274 e. The standard InChI is InChI=1S/C12H11Cl2N3O2/c1-2-19-16-12(18)8-6-15-17(7-8)11-4-3-9(13)5-10(11)14/h3-7H,2H2,1H3,(H,16,18). The van der Waals surface area contributed by atoms with Crippen molar-refractivity contribution in [1.82, 2.24) is 15.3 Å². The maximum atomic E-state index is 11.6. The first kappa shape index (κ1) is 13.9. The van der Waals surface area contributed by atoms with E-state index in [0.29, 0.717) is 27.9 Å². The first-order chi connectivity index (χ1) is 9.11. The average Bonchev–Trinajstić information content (AvgIpc) is 2.85. The molecule has 1 aromatic heterocycles. The van der Waals surface area contributed by atoms with Crippen molar-refractivity contribution >= 4 is 29.1 Å². The first-order valence-electron chi connectivity index (χ1n) is 5.54. The molecule has 0 unspecified atom stereocenters. The van der Waals surface area contributed by atoms with E-state index in [-0.39, 0.29) is 5.91 Å². The van der Waals surface area contributed by atoms with Crippen LogP contribution in [0.4, 0.5) is 0 Å². The van der Waals surface area contributed by atoms with Crippen LogP contribution >= 0.6 is 23.2 Å². The number of carbonyl (C=O) groups excluding carboxylic acids is 1. The molecule has 0 bridgehead atoms. The van der Waals surface area contributed by atoms with Gasteiger partial charge in [-0.3, -0.25) is 9.63 Å². The Balaban J connectivity index is 2.23. The molecule has 0 saturated carbocycles. The van der Waals surface area contributed by atoms with E-state index in [2.05, 4.69) is 10.6 Å². The highest BCUT2D eigenvalue weighted by molar-refractivity contribution is 6.35. The van der Waals surface area contributed by atoms with Crippen LogP contribution in [0.1, 0.15) is 17.3 Å². The summed E-state index contributed by atoms with van der Waals surface area (Å²) in [5.74, 6) is -0.363. The fourth-order valence-corrected chi connectivity index (χ4v) is 1.93. The Morgan fingerprint density at radius 2 is 2.26 bits per heavy atom. The first-order valence-corrected chi connectivity index (χ1v) is 6.29. The van der Waals surface area contributed by atoms with Gasteiger partial charge in [-0.1, -0.05) is 23.2 Å². The quantitative estimate of drug-likeness (QED) is 0.883. The highest BCUT2D eigenvalue weighted by Gasteiger charge is 2.11. The lowest BCUT2D eigenvalue weighted by Crippen LogP contribution is -2.23. The van der Waals surface area contributed by atoms with Crippen LogP contribution in [0.5, 0.6) is 0 Å². The van der Waals surface area contributed by atoms with Gasteiger partial charge >= 0.3 is 0 Å². The summed E-state index contributed by atoms with van der Waals surface area (Å²) in [7, 11) is 0. The maximum Gasteiger partial charge on any atom is 0.278 e. The highest BCUT2D eigenvalue weighted by atomic mass is 35.5. The van der Waals surface area contributed by atoms with Gasteiger partial charge < -0.3 is 0 Å². The van der Waals surface area contributed by atoms with Gasteiger partial charge in [-0.05, 0) is 25.1 Å². The van der Waals surface area contributed by atoms with Crippen LogP contribution in [-0.4, -0.2) is 22.3 Å². The third kappa shape index (κ3) is 3.26. The lowest BCUT2D eigenvalue weighted by molar-refractivity contribution is 0.0364. The second-order valence-corrected chi connectivity index (χ2v) is 4.48. The van der Waals surface area contributed by atoms with Crippen molar-refractivity contribution in [2.24, 2.45) is 0 Å². The number of hydrogen-bond acceptors (Lipinski definition) is 3. The van der Waals surface area contributed by atoms with Crippen LogP contribution in [0.25, 0.3) is 5.69 Å². The van der Waals surface area contributed by atoms with Crippen LogP contribution in [0.15, 0.2) is 30.6 Å². The van der Waals surface area contributed by atoms with E-state index in [0.717, 1.165) is 0 Å². The number of hydrogen-bond donors (Lipinski definition) is 1. The van der Waals surface area contributed by atoms with Crippen LogP contribution in [0.2, 0.25) is 10.0 Å². The predicted molar refractivity (Wildman–Crippen MR) is 72.7 cm³/mol. The van der Waals surface area contributed by atoms with E-state index in [1.54, 1.807) is 31.3 Å². The monoisotopic (exact) mass is 299 g/mol. The predicted octanol–water partition coefficient (Wildman–Crippen LogP) is 2.86. The Bertz CT molecular complexity index is 598. The van der Waals surface area contributed by atoms with Crippen molar-refractivity contribution in [2.75, 3.05) is 6.61 Å². The van der Waals surface area contributed by atoms with Crippen molar-refractivity contribution < 1.29 is 9.63 Å². The summed E-state index contributed by atoms with van der Waals surface area (Å²) in [4.78, 5) is 16.5. The zero-order valence-electron chi connectivity index (χ0n) is 10.1. The number of benzene rings is 1. The molecule has 0 saturated heterocycles. The van der Waals surface area contributed by atoms with Crippen LogP contribution in [0, 0.1) is 0 Å². The van der Waals surface area contributed by atoms with Crippen molar-refractivity contribution in [3.05, 3.63) is 46.2 Å². The number of hydroxylamine groups is 1. The molecular formula is C12H11Cl2N3O2. The molecule has 2 aromatic rings. The molecular weight excluding hydrogens is 289 g/mol. The van der Waals surface area contributed by atoms with Gasteiger partial charge in [-0.25, -0.2) is 10.2 Å². The molecule has 2 rings (SSSR count). The molecule has 1 amide bonds. The summed E-state index contributed by atoms with van der Waals surface area (Å²) in [6, 6.07) is 5.03. The number of halogens is 2. The second kappa shape index (κ2) is 6.06. The minimum absolute atomic E-state index is 0.363. The van der Waals surface area contributed by atoms with Gasteiger partial charge in [-0.15, -0.1) is 0 Å². The zero-order valence-corrected chi connectivity index (χ0v) is 11.6. The normalized spacial score (nSPS) is 10.5. The molecule has 0 aliphatic rings. The molecule has 1 N–H and O–H groups in total. The number of nitrogens with zero attached hydrogens (tertiary/aromatic N) is 2. The molecule has 0 radical (unpaired) electrons. The molecule has 1 aromatic carbocycles. The zero-order chi connectivity index (χ0) is 13.8. The van der Waals surface area contributed by atoms with E-state index in [9.17, 15) is 4.79 Å². The molecule has 1 heterocycles. The number of aromatic nitrogens is 2. The fraction of sp³-hybridized carbons (Fsp3) is 0.167. The Morgan fingerprint density at radius 1 is 1.47 bits per heavy atom. The molecule has 0 spiro atoms. The molecule has 0 aliphatic carbocycles. The largest absolute Gasteiger partial charge is 0.278 e. The minimum atomic E-state index is -0.363. The summed E-state index contributed by atoms with van der Waals surface area (Å²) in [6.45, 7) is 2.17. The van der Waals surface area contributed by atoms with Gasteiger partial charge in [0.05, 0.1) is 29.1 Å². The third-order valence-corrected chi connectivity index (χ3v) is 2.85. The summed E-state index contributed by atoms with van der Waals surface area (Å²) < 4.78 is 1.50. The van der Waals surface area contributed by atoms with E-state index in [4.69, 9.17) is 28.0 Å². The maximum absolute atomic E-state index is 11.6. The van der Waals surface area contributed by atoms with E-state index in [1.165, 1.54) is 10.9 Å². The fourth-order valence-electron chi connectivity index (χ4n) is 1.44. The molecule has 0 atom stereocenters. The smallest absolute Gasteiger partial charge is 0.274 e. The topological polar surface area (TPSA) is 56.1 Å². The SMILES string of the molecule is CCONC(=O)c1cnn(-c2ccc(Cl)cc2Cl)c1. The summed E-state index contributed by atoms with van der Waals surface area (Å²) in [5, 5.41) is 5.07. The summed E-state index contributed by atoms with van der Waals surface area (Å²) >= 11 is 11.9. The Morgan fingerprint density at radius 3 is 2.95 bits per heavy atom. The third-order valence-electron chi connectivity index (χ3n) is 2.31. The van der Waals surface area contributed by atoms with Crippen molar-refractivity contribution in [2.45, 2.75) is 6.92 Å². The van der Waals surface area contributed by atoms with Gasteiger partial charge in [0, 0.05) is 11.2 Å². The van der Waals surface area contributed by atoms with Gasteiger partial charge in [0.2, 0.25) is 0 Å². The van der Waals surface area contributed by atoms with E-state index >= 15 is 0 Å². The molecule has 7 heteroatoms. The van der Waals surface area contributed by atoms with Crippen molar-refractivity contribution in [3.8, 4) is 5.69 Å². The average molecular weight is 300 g/mol. The van der Waals surface area contributed by atoms with E-state index in [1.807, 2.05) is 0 Å². The Labute approximate surface area is 120 Å². The lowest BCUT2D eigenvalue weighted by Gasteiger charge is -2.04. The van der Waals surface area contributed by atoms with Crippen LogP contribution in [0.3, 0.4) is 0 Å². The molecule has 0 aliphatic heterocycles. The lowest BCUT2D eigenvalue weighted by atomic mass is 10.3. The second-order valence-electron chi connectivity index (χ2n) is 3.63. The highest BCUT2D eigenvalue weighted by Crippen LogP contribution is 2.23. The van der Waals surface area contributed by atoms with Crippen molar-refractivity contribution in [3.63, 3.8) is 0 Å². The number of amides is 1. The van der Waals surface area contributed by atoms with Crippen LogP contribution in [-0.2, 0) is 4.84 Å². The molecule has 5 nitrogen and oxygen atoms in total. The molecule has 0 fully saturated rings. The van der Waals surface area contributed by atoms with Gasteiger partial charge in [0.15, 0.2) is 0 Å². The summed E-state index contributed by atoms with van der Waals surface area (Å²) in [5.41, 5.74) is 3.31. The van der Waals surface area contributed by atoms with Crippen LogP contribution < -0.4 is 5.48 Å². The molecule has 19 heavy (non-hydrogen) atoms. The number of carbonyl (C=O) groups is 1. The van der Waals surface area contributed by atoms with Gasteiger partial charge in [0.1, 0.15) is 0 Å². The Kier molecular flexibility index (Phi) is 4.42. The number of nitrogens with one attached hydrogen (secondary N) is 1. The van der Waals surface area contributed by atoms with Gasteiger partial charge in [0.25, 0.3) is 5.91 Å². The summed E-state index contributed by atoms with van der Waals surface area (Å²) in [6.07, 6.45) is 2.99. The van der Waals surface area contributed by atoms with E-state index < -0.39 is 0 Å².